The SMILES string of the molecule is O=C(COc1ccc([N+](=O)[O-])cc1)Nc1ccccc1C(=O)Nc1ccc(Nc2ccccc2)cc1. The molecule has 0 bridgehead atoms. The van der Waals surface area contributed by atoms with Gasteiger partial charge in [-0.1, -0.05) is 30.3 Å². The Morgan fingerprint density at radius 3 is 2.03 bits per heavy atom. The van der Waals surface area contributed by atoms with E-state index in [4.69, 9.17) is 4.74 Å². The van der Waals surface area contributed by atoms with Gasteiger partial charge in [0.05, 0.1) is 16.2 Å². The third kappa shape index (κ3) is 6.45. The molecule has 0 fully saturated rings. The molecule has 0 aliphatic heterocycles. The van der Waals surface area contributed by atoms with Gasteiger partial charge in [-0.15, -0.1) is 0 Å². The van der Waals surface area contributed by atoms with Crippen molar-refractivity contribution >= 4 is 40.3 Å². The van der Waals surface area contributed by atoms with Crippen LogP contribution in [0.15, 0.2) is 103 Å². The largest absolute Gasteiger partial charge is 0.484 e. The van der Waals surface area contributed by atoms with Gasteiger partial charge in [0.1, 0.15) is 5.75 Å². The van der Waals surface area contributed by atoms with Gasteiger partial charge in [0, 0.05) is 29.2 Å². The molecule has 180 valence electrons. The molecule has 0 radical (unpaired) electrons. The van der Waals surface area contributed by atoms with Crippen LogP contribution in [0.5, 0.6) is 5.75 Å². The molecule has 36 heavy (non-hydrogen) atoms. The van der Waals surface area contributed by atoms with E-state index in [1.54, 1.807) is 36.4 Å². The maximum absolute atomic E-state index is 12.9. The lowest BCUT2D eigenvalue weighted by molar-refractivity contribution is -0.384. The number of nitrogens with one attached hydrogen (secondary N) is 3. The maximum Gasteiger partial charge on any atom is 0.269 e. The van der Waals surface area contributed by atoms with Crippen LogP contribution < -0.4 is 20.7 Å². The van der Waals surface area contributed by atoms with Crippen LogP contribution in [0, 0.1) is 10.1 Å². The van der Waals surface area contributed by atoms with Crippen LogP contribution >= 0.6 is 0 Å². The topological polar surface area (TPSA) is 123 Å². The minimum absolute atomic E-state index is 0.0751. The standard InChI is InChI=1S/C27H22N4O5/c32-26(18-36-23-16-14-22(15-17-23)31(34)35)30-25-9-5-4-8-24(25)27(33)29-21-12-10-20(11-13-21)28-19-6-2-1-3-7-19/h1-17,28H,18H2,(H,29,33)(H,30,32). The van der Waals surface area contributed by atoms with Crippen LogP contribution in [0.1, 0.15) is 10.4 Å². The van der Waals surface area contributed by atoms with E-state index in [2.05, 4.69) is 16.0 Å². The number of benzene rings is 4. The molecule has 0 aliphatic carbocycles. The molecule has 3 N–H and O–H groups in total. The number of carbonyl (C=O) groups excluding carboxylic acids is 2. The molecule has 0 heterocycles. The molecule has 9 heteroatoms. The Labute approximate surface area is 206 Å². The number of anilines is 4. The zero-order valence-electron chi connectivity index (χ0n) is 19.0. The van der Waals surface area contributed by atoms with Crippen molar-refractivity contribution in [3.05, 3.63) is 119 Å². The number of nitrogens with zero attached hydrogens (tertiary/aromatic N) is 1. The fourth-order valence-corrected chi connectivity index (χ4v) is 3.31. The second-order valence-corrected chi connectivity index (χ2v) is 7.66. The van der Waals surface area contributed by atoms with E-state index in [9.17, 15) is 19.7 Å². The van der Waals surface area contributed by atoms with Crippen LogP contribution in [0.25, 0.3) is 0 Å². The summed E-state index contributed by atoms with van der Waals surface area (Å²) < 4.78 is 5.38. The number of hydrogen-bond acceptors (Lipinski definition) is 6. The highest BCUT2D eigenvalue weighted by atomic mass is 16.6. The van der Waals surface area contributed by atoms with Crippen LogP contribution in [-0.4, -0.2) is 23.3 Å². The van der Waals surface area contributed by atoms with Gasteiger partial charge in [0.2, 0.25) is 0 Å². The Balaban J connectivity index is 1.35. The van der Waals surface area contributed by atoms with Crippen molar-refractivity contribution in [1.29, 1.82) is 0 Å². The number of amides is 2. The molecular weight excluding hydrogens is 460 g/mol. The van der Waals surface area contributed by atoms with Crippen molar-refractivity contribution < 1.29 is 19.2 Å². The number of hydrogen-bond donors (Lipinski definition) is 3. The molecular formula is C27H22N4O5. The maximum atomic E-state index is 12.9. The minimum Gasteiger partial charge on any atom is -0.484 e. The fraction of sp³-hybridized carbons (Fsp3) is 0.0370. The normalized spacial score (nSPS) is 10.2. The molecule has 0 spiro atoms. The number of carbonyl (C=O) groups is 2. The lowest BCUT2D eigenvalue weighted by Crippen LogP contribution is -2.22. The van der Waals surface area contributed by atoms with E-state index < -0.39 is 10.8 Å². The number of nitro benzene ring substituents is 1. The predicted molar refractivity (Wildman–Crippen MR) is 138 cm³/mol. The highest BCUT2D eigenvalue weighted by Crippen LogP contribution is 2.21. The second-order valence-electron chi connectivity index (χ2n) is 7.66. The van der Waals surface area contributed by atoms with Crippen molar-refractivity contribution in [2.24, 2.45) is 0 Å². The molecule has 4 rings (SSSR count). The smallest absolute Gasteiger partial charge is 0.269 e. The summed E-state index contributed by atoms with van der Waals surface area (Å²) in [5.74, 6) is -0.553. The molecule has 9 nitrogen and oxygen atoms in total. The predicted octanol–water partition coefficient (Wildman–Crippen LogP) is 5.61. The molecule has 0 saturated heterocycles. The third-order valence-electron chi connectivity index (χ3n) is 5.07. The molecule has 4 aromatic carbocycles. The summed E-state index contributed by atoms with van der Waals surface area (Å²) in [6, 6.07) is 29.0. The summed E-state index contributed by atoms with van der Waals surface area (Å²) in [7, 11) is 0. The summed E-state index contributed by atoms with van der Waals surface area (Å²) in [6.07, 6.45) is 0. The van der Waals surface area contributed by atoms with Gasteiger partial charge >= 0.3 is 0 Å². The summed E-state index contributed by atoms with van der Waals surface area (Å²) in [5.41, 5.74) is 2.97. The number of rotatable bonds is 9. The van der Waals surface area contributed by atoms with Crippen molar-refractivity contribution in [2.75, 3.05) is 22.6 Å². The van der Waals surface area contributed by atoms with Crippen LogP contribution in [-0.2, 0) is 4.79 Å². The third-order valence-corrected chi connectivity index (χ3v) is 5.07. The van der Waals surface area contributed by atoms with Gasteiger partial charge in [-0.25, -0.2) is 0 Å². The summed E-state index contributed by atoms with van der Waals surface area (Å²) >= 11 is 0. The van der Waals surface area contributed by atoms with Crippen molar-refractivity contribution in [3.8, 4) is 5.75 Å². The van der Waals surface area contributed by atoms with E-state index >= 15 is 0 Å². The molecule has 0 aliphatic rings. The number of non-ortho nitro benzene ring substituents is 1. The van der Waals surface area contributed by atoms with Crippen LogP contribution in [0.2, 0.25) is 0 Å². The van der Waals surface area contributed by atoms with E-state index in [-0.39, 0.29) is 23.8 Å². The number of para-hydroxylation sites is 2. The van der Waals surface area contributed by atoms with Crippen LogP contribution in [0.3, 0.4) is 0 Å². The van der Waals surface area contributed by atoms with Crippen molar-refractivity contribution in [3.63, 3.8) is 0 Å². The average Bonchev–Trinajstić information content (AvgIpc) is 2.90. The quantitative estimate of drug-likeness (QED) is 0.211. The van der Waals surface area contributed by atoms with Gasteiger partial charge in [-0.2, -0.15) is 0 Å². The van der Waals surface area contributed by atoms with Gasteiger partial charge in [0.25, 0.3) is 17.5 Å². The van der Waals surface area contributed by atoms with Crippen molar-refractivity contribution in [1.82, 2.24) is 0 Å². The minimum atomic E-state index is -0.519. The first-order valence-electron chi connectivity index (χ1n) is 11.0. The van der Waals surface area contributed by atoms with E-state index in [1.165, 1.54) is 24.3 Å². The summed E-state index contributed by atoms with van der Waals surface area (Å²) in [5, 5.41) is 19.5. The molecule has 2 amide bonds. The Morgan fingerprint density at radius 2 is 1.33 bits per heavy atom. The van der Waals surface area contributed by atoms with Crippen molar-refractivity contribution in [2.45, 2.75) is 0 Å². The Kier molecular flexibility index (Phi) is 7.52. The van der Waals surface area contributed by atoms with E-state index in [0.29, 0.717) is 17.1 Å². The summed E-state index contributed by atoms with van der Waals surface area (Å²) in [4.78, 5) is 35.5. The zero-order chi connectivity index (χ0) is 25.3. The Morgan fingerprint density at radius 1 is 0.722 bits per heavy atom. The van der Waals surface area contributed by atoms with Gasteiger partial charge in [0.15, 0.2) is 6.61 Å². The Hall–Kier alpha value is -5.18. The lowest BCUT2D eigenvalue weighted by atomic mass is 10.1. The molecule has 0 aromatic heterocycles. The second kappa shape index (κ2) is 11.3. The first kappa shape index (κ1) is 24.0. The highest BCUT2D eigenvalue weighted by molar-refractivity contribution is 6.10. The lowest BCUT2D eigenvalue weighted by Gasteiger charge is -2.13. The zero-order valence-corrected chi connectivity index (χ0v) is 19.0. The van der Waals surface area contributed by atoms with Gasteiger partial charge < -0.3 is 20.7 Å². The molecule has 0 atom stereocenters. The number of nitro groups is 1. The molecule has 4 aromatic rings. The molecule has 0 saturated carbocycles. The van der Waals surface area contributed by atoms with Gasteiger partial charge in [-0.05, 0) is 60.7 Å². The average molecular weight is 482 g/mol. The van der Waals surface area contributed by atoms with E-state index in [1.807, 2.05) is 42.5 Å². The van der Waals surface area contributed by atoms with E-state index in [0.717, 1.165) is 11.4 Å². The summed E-state index contributed by atoms with van der Waals surface area (Å²) in [6.45, 7) is -0.330. The number of ether oxygens (including phenoxy) is 1. The fourth-order valence-electron chi connectivity index (χ4n) is 3.31. The monoisotopic (exact) mass is 482 g/mol. The highest BCUT2D eigenvalue weighted by Gasteiger charge is 2.14. The van der Waals surface area contributed by atoms with Crippen LogP contribution in [0.4, 0.5) is 28.4 Å². The first-order valence-corrected chi connectivity index (χ1v) is 11.0. The Bertz CT molecular complexity index is 1360. The first-order chi connectivity index (χ1) is 17.5. The van der Waals surface area contributed by atoms with Gasteiger partial charge in [-0.3, -0.25) is 19.7 Å². The molecule has 0 unspecified atom stereocenters.